The number of rotatable bonds is 5. The minimum absolute atomic E-state index is 0.0239. The number of likely N-dealkylation sites (N-methyl/N-ethyl adjacent to an activating group) is 1. The van der Waals surface area contributed by atoms with Crippen LogP contribution in [0.5, 0.6) is 0 Å². The first kappa shape index (κ1) is 22.0. The van der Waals surface area contributed by atoms with Gasteiger partial charge in [-0.3, -0.25) is 18.9 Å². The van der Waals surface area contributed by atoms with E-state index in [1.54, 1.807) is 17.2 Å². The summed E-state index contributed by atoms with van der Waals surface area (Å²) in [6.45, 7) is 10.6. The maximum atomic E-state index is 13.4. The Hall–Kier alpha value is -2.23. The van der Waals surface area contributed by atoms with Gasteiger partial charge in [0.05, 0.1) is 10.5 Å². The standard InChI is InChI=1S/C22H27N5O2S2/c1-4-15(3)27-21(29)17(31-22(27)30)14-16-19(25-12-10-24(5-2)11-13-25)23-18-8-6-7-9-26(18)20(16)28/h6-9,14-15H,4-5,10-13H2,1-3H3/b17-14-/t15-/m1/s1. The van der Waals surface area contributed by atoms with E-state index >= 15 is 0 Å². The summed E-state index contributed by atoms with van der Waals surface area (Å²) in [5.41, 5.74) is 0.871. The molecular formula is C22H27N5O2S2. The number of piperazine rings is 1. The molecule has 0 aromatic carbocycles. The predicted molar refractivity (Wildman–Crippen MR) is 131 cm³/mol. The normalized spacial score (nSPS) is 20.3. The summed E-state index contributed by atoms with van der Waals surface area (Å²) in [4.78, 5) is 38.0. The Morgan fingerprint density at radius 2 is 1.94 bits per heavy atom. The molecule has 2 aliphatic heterocycles. The Morgan fingerprint density at radius 3 is 2.61 bits per heavy atom. The lowest BCUT2D eigenvalue weighted by atomic mass is 10.2. The fraction of sp³-hybridized carbons (Fsp3) is 0.455. The fourth-order valence-corrected chi connectivity index (χ4v) is 5.35. The summed E-state index contributed by atoms with van der Waals surface area (Å²) in [5.74, 6) is 0.504. The molecule has 4 rings (SSSR count). The SMILES string of the molecule is CC[C@@H](C)N1C(=O)/C(=C/c2c(N3CCN(CC)CC3)nc3ccccn3c2=O)SC1=S. The van der Waals surface area contributed by atoms with Crippen molar-refractivity contribution in [3.05, 3.63) is 45.2 Å². The van der Waals surface area contributed by atoms with Crippen LogP contribution in [-0.4, -0.2) is 68.2 Å². The molecule has 2 aliphatic rings. The van der Waals surface area contributed by atoms with Gasteiger partial charge in [0.25, 0.3) is 11.5 Å². The molecule has 2 aromatic rings. The number of anilines is 1. The second-order valence-corrected chi connectivity index (χ2v) is 9.49. The first-order valence-corrected chi connectivity index (χ1v) is 11.9. The molecule has 0 aliphatic carbocycles. The smallest absolute Gasteiger partial charge is 0.267 e. The van der Waals surface area contributed by atoms with Crippen LogP contribution in [0.15, 0.2) is 34.1 Å². The Kier molecular flexibility index (Phi) is 6.45. The van der Waals surface area contributed by atoms with E-state index in [-0.39, 0.29) is 17.5 Å². The molecule has 2 saturated heterocycles. The lowest BCUT2D eigenvalue weighted by molar-refractivity contribution is -0.123. The Morgan fingerprint density at radius 1 is 1.19 bits per heavy atom. The number of amides is 1. The third-order valence-corrected chi connectivity index (χ3v) is 7.33. The molecule has 2 aromatic heterocycles. The van der Waals surface area contributed by atoms with Crippen LogP contribution in [0.4, 0.5) is 5.82 Å². The summed E-state index contributed by atoms with van der Waals surface area (Å²) in [6.07, 6.45) is 4.22. The van der Waals surface area contributed by atoms with Gasteiger partial charge in [0.2, 0.25) is 0 Å². The highest BCUT2D eigenvalue weighted by atomic mass is 32.2. The molecule has 0 spiro atoms. The molecule has 0 saturated carbocycles. The number of nitrogens with zero attached hydrogens (tertiary/aromatic N) is 5. The number of thioether (sulfide) groups is 1. The van der Waals surface area contributed by atoms with Gasteiger partial charge >= 0.3 is 0 Å². The zero-order valence-corrected chi connectivity index (χ0v) is 19.7. The molecule has 1 atom stereocenters. The molecule has 4 heterocycles. The molecule has 0 radical (unpaired) electrons. The summed E-state index contributed by atoms with van der Waals surface area (Å²) >= 11 is 6.72. The first-order valence-electron chi connectivity index (χ1n) is 10.7. The largest absolute Gasteiger partial charge is 0.353 e. The molecular weight excluding hydrogens is 430 g/mol. The zero-order valence-electron chi connectivity index (χ0n) is 18.1. The zero-order chi connectivity index (χ0) is 22.1. The molecule has 0 bridgehead atoms. The van der Waals surface area contributed by atoms with Crippen molar-refractivity contribution in [2.75, 3.05) is 37.6 Å². The number of thiocarbonyl (C=S) groups is 1. The summed E-state index contributed by atoms with van der Waals surface area (Å²) < 4.78 is 2.07. The van der Waals surface area contributed by atoms with Crippen LogP contribution in [0.3, 0.4) is 0 Å². The molecule has 1 amide bonds. The van der Waals surface area contributed by atoms with Gasteiger partial charge in [0.1, 0.15) is 15.8 Å². The topological polar surface area (TPSA) is 61.2 Å². The second-order valence-electron chi connectivity index (χ2n) is 7.81. The van der Waals surface area contributed by atoms with Gasteiger partial charge in [0.15, 0.2) is 0 Å². The Balaban J connectivity index is 1.80. The number of pyridine rings is 1. The van der Waals surface area contributed by atoms with Crippen molar-refractivity contribution < 1.29 is 4.79 Å². The van der Waals surface area contributed by atoms with E-state index in [0.29, 0.717) is 26.3 Å². The van der Waals surface area contributed by atoms with Crippen LogP contribution in [0, 0.1) is 0 Å². The fourth-order valence-electron chi connectivity index (χ4n) is 3.91. The number of aromatic nitrogens is 2. The van der Waals surface area contributed by atoms with E-state index < -0.39 is 0 Å². The van der Waals surface area contributed by atoms with Crippen molar-refractivity contribution in [3.8, 4) is 0 Å². The van der Waals surface area contributed by atoms with Crippen LogP contribution in [0.1, 0.15) is 32.8 Å². The summed E-state index contributed by atoms with van der Waals surface area (Å²) in [5, 5.41) is 0. The quantitative estimate of drug-likeness (QED) is 0.505. The lowest BCUT2D eigenvalue weighted by Gasteiger charge is -2.35. The molecule has 9 heteroatoms. The molecule has 7 nitrogen and oxygen atoms in total. The summed E-state index contributed by atoms with van der Waals surface area (Å²) in [6, 6.07) is 5.54. The van der Waals surface area contributed by atoms with Crippen LogP contribution in [0.25, 0.3) is 11.7 Å². The van der Waals surface area contributed by atoms with Gasteiger partial charge in [-0.2, -0.15) is 0 Å². The number of hydrogen-bond donors (Lipinski definition) is 0. The van der Waals surface area contributed by atoms with Crippen molar-refractivity contribution in [1.29, 1.82) is 0 Å². The minimum Gasteiger partial charge on any atom is -0.353 e. The van der Waals surface area contributed by atoms with Crippen molar-refractivity contribution >= 4 is 51.7 Å². The highest BCUT2D eigenvalue weighted by Gasteiger charge is 2.35. The van der Waals surface area contributed by atoms with Gasteiger partial charge in [-0.25, -0.2) is 4.98 Å². The molecule has 31 heavy (non-hydrogen) atoms. The summed E-state index contributed by atoms with van der Waals surface area (Å²) in [7, 11) is 0. The van der Waals surface area contributed by atoms with Gasteiger partial charge in [-0.1, -0.05) is 43.9 Å². The lowest BCUT2D eigenvalue weighted by Crippen LogP contribution is -2.47. The average molecular weight is 458 g/mol. The number of carbonyl (C=O) groups excluding carboxylic acids is 1. The van der Waals surface area contributed by atoms with Crippen molar-refractivity contribution in [2.24, 2.45) is 0 Å². The van der Waals surface area contributed by atoms with E-state index in [1.165, 1.54) is 16.2 Å². The monoisotopic (exact) mass is 457 g/mol. The number of fused-ring (bicyclic) bond motifs is 1. The van der Waals surface area contributed by atoms with Gasteiger partial charge < -0.3 is 9.80 Å². The van der Waals surface area contributed by atoms with E-state index in [1.807, 2.05) is 32.0 Å². The Labute approximate surface area is 191 Å². The molecule has 2 fully saturated rings. The molecule has 164 valence electrons. The van der Waals surface area contributed by atoms with Crippen LogP contribution in [0.2, 0.25) is 0 Å². The average Bonchev–Trinajstić information content (AvgIpc) is 3.08. The van der Waals surface area contributed by atoms with Gasteiger partial charge in [-0.05, 0) is 38.1 Å². The van der Waals surface area contributed by atoms with Gasteiger partial charge in [-0.15, -0.1) is 0 Å². The third-order valence-electron chi connectivity index (χ3n) is 6.00. The highest BCUT2D eigenvalue weighted by molar-refractivity contribution is 8.26. The molecule has 0 unspecified atom stereocenters. The number of carbonyl (C=O) groups is 1. The van der Waals surface area contributed by atoms with E-state index in [0.717, 1.165) is 39.1 Å². The number of hydrogen-bond acceptors (Lipinski definition) is 7. The van der Waals surface area contributed by atoms with Crippen molar-refractivity contribution in [3.63, 3.8) is 0 Å². The van der Waals surface area contributed by atoms with Crippen LogP contribution < -0.4 is 10.5 Å². The van der Waals surface area contributed by atoms with Gasteiger partial charge in [0, 0.05) is 38.4 Å². The second kappa shape index (κ2) is 9.10. The third kappa shape index (κ3) is 4.14. The van der Waals surface area contributed by atoms with Crippen LogP contribution in [-0.2, 0) is 4.79 Å². The first-order chi connectivity index (χ1) is 14.9. The van der Waals surface area contributed by atoms with E-state index in [2.05, 4.69) is 16.7 Å². The minimum atomic E-state index is -0.174. The maximum absolute atomic E-state index is 13.4. The van der Waals surface area contributed by atoms with E-state index in [9.17, 15) is 9.59 Å². The van der Waals surface area contributed by atoms with Crippen molar-refractivity contribution in [1.82, 2.24) is 19.2 Å². The van der Waals surface area contributed by atoms with Crippen molar-refractivity contribution in [2.45, 2.75) is 33.2 Å². The maximum Gasteiger partial charge on any atom is 0.267 e. The van der Waals surface area contributed by atoms with Crippen LogP contribution >= 0.6 is 24.0 Å². The predicted octanol–water partition coefficient (Wildman–Crippen LogP) is 2.84. The highest BCUT2D eigenvalue weighted by Crippen LogP contribution is 2.35. The molecule has 0 N–H and O–H groups in total. The Bertz CT molecular complexity index is 1100. The van der Waals surface area contributed by atoms with E-state index in [4.69, 9.17) is 17.2 Å².